The molecule has 4 aromatic heterocycles. The van der Waals surface area contributed by atoms with Crippen molar-refractivity contribution in [3.63, 3.8) is 0 Å². The van der Waals surface area contributed by atoms with Crippen LogP contribution in [-0.4, -0.2) is 106 Å². The highest BCUT2D eigenvalue weighted by Crippen LogP contribution is 2.41. The monoisotopic (exact) mass is 929 g/mol. The number of nitrogens with two attached hydrogens (primary N) is 1. The van der Waals surface area contributed by atoms with Crippen LogP contribution in [-0.2, 0) is 0 Å². The summed E-state index contributed by atoms with van der Waals surface area (Å²) in [6.45, 7) is 4.14. The van der Waals surface area contributed by atoms with Crippen molar-refractivity contribution in [2.45, 2.75) is 63.6 Å². The number of fused-ring (bicyclic) bond motifs is 8. The first-order valence-corrected chi connectivity index (χ1v) is 19.4. The summed E-state index contributed by atoms with van der Waals surface area (Å²) in [5.74, 6) is -8.32. The van der Waals surface area contributed by atoms with Crippen LogP contribution in [0.1, 0.15) is 54.1 Å². The zero-order chi connectivity index (χ0) is 47.7. The van der Waals surface area contributed by atoms with E-state index < -0.39 is 89.5 Å². The van der Waals surface area contributed by atoms with Crippen molar-refractivity contribution in [3.05, 3.63) is 83.4 Å². The predicted octanol–water partition coefficient (Wildman–Crippen LogP) is 7.14. The van der Waals surface area contributed by atoms with Crippen LogP contribution in [0.3, 0.4) is 0 Å². The molecule has 16 nitrogen and oxygen atoms in total. The molecular formula is C39H37F10N11O5. The summed E-state index contributed by atoms with van der Waals surface area (Å²) in [6.07, 6.45) is -6.76. The maximum Gasteiger partial charge on any atom is 0.403 e. The van der Waals surface area contributed by atoms with Crippen LogP contribution in [0.15, 0.2) is 48.8 Å². The van der Waals surface area contributed by atoms with E-state index in [1.54, 1.807) is 6.07 Å². The van der Waals surface area contributed by atoms with Crippen LogP contribution in [0.5, 0.6) is 0 Å². The van der Waals surface area contributed by atoms with Gasteiger partial charge in [0, 0.05) is 44.7 Å². The summed E-state index contributed by atoms with van der Waals surface area (Å²) in [5, 5.41) is 13.7. The van der Waals surface area contributed by atoms with Crippen LogP contribution >= 0.6 is 0 Å². The van der Waals surface area contributed by atoms with Crippen molar-refractivity contribution >= 4 is 58.5 Å². The van der Waals surface area contributed by atoms with Gasteiger partial charge in [-0.05, 0) is 44.0 Å². The van der Waals surface area contributed by atoms with E-state index >= 15 is 0 Å². The number of carbonyl (C=O) groups excluding carboxylic acids is 3. The first kappa shape index (κ1) is 47.6. The Balaban J connectivity index is 0.000000191. The summed E-state index contributed by atoms with van der Waals surface area (Å²) in [4.78, 5) is 71.2. The third-order valence-electron chi connectivity index (χ3n) is 10.5. The molecule has 2 fully saturated rings. The van der Waals surface area contributed by atoms with Gasteiger partial charge in [0.2, 0.25) is 0 Å². The van der Waals surface area contributed by atoms with Gasteiger partial charge in [-0.15, -0.1) is 0 Å². The van der Waals surface area contributed by atoms with Crippen LogP contribution in [0.2, 0.25) is 0 Å². The van der Waals surface area contributed by atoms with Crippen LogP contribution < -0.4 is 36.0 Å². The molecule has 0 aliphatic carbocycles. The largest absolute Gasteiger partial charge is 0.477 e. The zero-order valence-electron chi connectivity index (χ0n) is 33.9. The maximum atomic E-state index is 14.0. The molecule has 0 radical (unpaired) electrons. The lowest BCUT2D eigenvalue weighted by atomic mass is 10.0. The fraction of sp³-hybridized carbons (Fsp3) is 0.385. The number of carbonyl (C=O) groups is 4. The van der Waals surface area contributed by atoms with Crippen molar-refractivity contribution in [1.82, 2.24) is 19.9 Å². The van der Waals surface area contributed by atoms with Gasteiger partial charge < -0.3 is 20.6 Å². The first-order chi connectivity index (χ1) is 30.4. The summed E-state index contributed by atoms with van der Waals surface area (Å²) in [6, 6.07) is 3.25. The second-order valence-electron chi connectivity index (χ2n) is 15.1. The Bertz CT molecular complexity index is 2480. The molecule has 26 heteroatoms. The number of rotatable bonds is 6. The number of Topliss-reactive ketones (excluding diaryl/α,β-unsaturated/α-hetero) is 1. The number of nitrogens with one attached hydrogen (secondary N) is 2. The van der Waals surface area contributed by atoms with E-state index in [1.807, 2.05) is 9.80 Å². The van der Waals surface area contributed by atoms with Crippen LogP contribution in [0.4, 0.5) is 88.1 Å². The summed E-state index contributed by atoms with van der Waals surface area (Å²) in [7, 11) is 0. The number of carboxylic acids is 1. The highest BCUT2D eigenvalue weighted by atomic mass is 19.4. The van der Waals surface area contributed by atoms with Gasteiger partial charge in [-0.3, -0.25) is 25.2 Å². The Hall–Kier alpha value is -6.86. The minimum absolute atomic E-state index is 0.0873. The Morgan fingerprint density at radius 1 is 0.723 bits per heavy atom. The SMILES string of the molecule is C[C@@H](CC(=O)c1ccc2c(n1)N(C(=O)Nc1ncc(F)cc1F)[C@H]1CCN2C1)C(F)(F)F.C[C@@H](N)C(F)(F)F.O=C(O)c1ccc2c(n1)N(C(=O)Nc1ncc(F)cc1F)[C@H]1CCN2C1. The van der Waals surface area contributed by atoms with Gasteiger partial charge in [0.05, 0.1) is 47.8 Å². The third kappa shape index (κ3) is 10.7. The van der Waals surface area contributed by atoms with Crippen molar-refractivity contribution in [2.24, 2.45) is 11.7 Å². The number of anilines is 6. The fourth-order valence-electron chi connectivity index (χ4n) is 7.05. The molecule has 8 rings (SSSR count). The first-order valence-electron chi connectivity index (χ1n) is 19.4. The third-order valence-corrected chi connectivity index (χ3v) is 10.5. The standard InChI is InChI=1S/C20H18F5N5O2.C16H13F2N5O3.C3H6F3N/c1-10(20(23,24)25)6-16(31)14-2-3-15-18(27-14)30(12-4-5-29(15)9-12)19(32)28-17-13(22)7-11(21)8-26-17;17-8-5-10(18)13(19-6-8)21-16(26)23-9-3-4-22(7-9)12-2-1-11(15(24)25)20-14(12)23;1-2(7)3(4,5)6/h2-3,7-8,10,12H,4-6,9H2,1H3,(H,26,28,32);1-2,5-6,9H,3-4,7H2,(H,24,25)(H,19,21,26);2H,7H2,1H3/t10-,12-;9-;2-/m001/s1. The molecule has 348 valence electrons. The summed E-state index contributed by atoms with van der Waals surface area (Å²) < 4.78 is 126. The van der Waals surface area contributed by atoms with Crippen molar-refractivity contribution in [2.75, 3.05) is 56.4 Å². The number of alkyl halides is 6. The number of hydrogen-bond donors (Lipinski definition) is 4. The zero-order valence-corrected chi connectivity index (χ0v) is 33.9. The smallest absolute Gasteiger partial charge is 0.403 e. The highest BCUT2D eigenvalue weighted by Gasteiger charge is 2.43. The van der Waals surface area contributed by atoms with E-state index in [2.05, 4.69) is 36.3 Å². The molecule has 5 N–H and O–H groups in total. The maximum absolute atomic E-state index is 14.0. The summed E-state index contributed by atoms with van der Waals surface area (Å²) >= 11 is 0. The number of aromatic carboxylic acids is 1. The second-order valence-corrected chi connectivity index (χ2v) is 15.1. The molecule has 0 unspecified atom stereocenters. The van der Waals surface area contributed by atoms with E-state index in [0.717, 1.165) is 26.2 Å². The molecule has 4 bridgehead atoms. The molecule has 4 aliphatic heterocycles. The lowest BCUT2D eigenvalue weighted by Gasteiger charge is -2.35. The lowest BCUT2D eigenvalue weighted by Crippen LogP contribution is -2.48. The Labute approximate surface area is 361 Å². The number of halogens is 10. The van der Waals surface area contributed by atoms with Crippen molar-refractivity contribution < 1.29 is 68.2 Å². The molecule has 0 spiro atoms. The Morgan fingerprint density at radius 3 is 1.52 bits per heavy atom. The quantitative estimate of drug-likeness (QED) is 0.113. The number of hydrogen-bond acceptors (Lipinski definition) is 11. The van der Waals surface area contributed by atoms with E-state index in [1.165, 1.54) is 28.0 Å². The van der Waals surface area contributed by atoms with E-state index in [-0.39, 0.29) is 35.1 Å². The van der Waals surface area contributed by atoms with E-state index in [4.69, 9.17) is 5.11 Å². The van der Waals surface area contributed by atoms with Gasteiger partial charge in [-0.25, -0.2) is 51.9 Å². The van der Waals surface area contributed by atoms with Gasteiger partial charge in [0.1, 0.15) is 17.3 Å². The van der Waals surface area contributed by atoms with Crippen molar-refractivity contribution in [1.29, 1.82) is 0 Å². The normalized spacial score (nSPS) is 18.0. The van der Waals surface area contributed by atoms with Gasteiger partial charge in [0.25, 0.3) is 0 Å². The predicted molar refractivity (Wildman–Crippen MR) is 212 cm³/mol. The van der Waals surface area contributed by atoms with Crippen molar-refractivity contribution in [3.8, 4) is 0 Å². The molecule has 4 amide bonds. The van der Waals surface area contributed by atoms with Crippen LogP contribution in [0, 0.1) is 29.2 Å². The Kier molecular flexibility index (Phi) is 13.7. The highest BCUT2D eigenvalue weighted by molar-refractivity contribution is 6.06. The second kappa shape index (κ2) is 18.7. The fourth-order valence-corrected chi connectivity index (χ4v) is 7.05. The Morgan fingerprint density at radius 2 is 1.14 bits per heavy atom. The number of carboxylic acid groups (broad SMARTS) is 1. The molecule has 4 aromatic rings. The topological polar surface area (TPSA) is 203 Å². The molecule has 8 heterocycles. The number of aromatic nitrogens is 4. The van der Waals surface area contributed by atoms with E-state index in [9.17, 15) is 63.1 Å². The molecule has 0 saturated carbocycles. The number of urea groups is 2. The molecule has 4 aliphatic rings. The number of pyridine rings is 4. The van der Waals surface area contributed by atoms with Gasteiger partial charge in [-0.2, -0.15) is 26.3 Å². The summed E-state index contributed by atoms with van der Waals surface area (Å²) in [5.41, 5.74) is 5.20. The molecule has 2 saturated heterocycles. The minimum Gasteiger partial charge on any atom is -0.477 e. The molecule has 0 aromatic carbocycles. The molecule has 65 heavy (non-hydrogen) atoms. The number of nitrogens with zero attached hydrogens (tertiary/aromatic N) is 8. The van der Waals surface area contributed by atoms with Gasteiger partial charge >= 0.3 is 30.4 Å². The number of amides is 4. The lowest BCUT2D eigenvalue weighted by molar-refractivity contribution is -0.168. The average Bonchev–Trinajstić information content (AvgIpc) is 3.84. The minimum atomic E-state index is -4.52. The molecular weight excluding hydrogens is 892 g/mol. The van der Waals surface area contributed by atoms with Gasteiger partial charge in [-0.1, -0.05) is 6.92 Å². The van der Waals surface area contributed by atoms with Crippen LogP contribution in [0.25, 0.3) is 0 Å². The molecule has 4 atom stereocenters. The number of ketones is 1. The van der Waals surface area contributed by atoms with Gasteiger partial charge in [0.15, 0.2) is 46.4 Å². The average molecular weight is 930 g/mol. The van der Waals surface area contributed by atoms with E-state index in [0.29, 0.717) is 62.5 Å².